The summed E-state index contributed by atoms with van der Waals surface area (Å²) in [5.74, 6) is -1.16. The number of thioether (sulfide) groups is 1. The minimum absolute atomic E-state index is 0.316. The molecule has 2 aromatic carbocycles. The van der Waals surface area contributed by atoms with Gasteiger partial charge in [0.1, 0.15) is 10.1 Å². The van der Waals surface area contributed by atoms with E-state index >= 15 is 0 Å². The van der Waals surface area contributed by atoms with Crippen LogP contribution in [0.1, 0.15) is 25.6 Å². The van der Waals surface area contributed by atoms with E-state index < -0.39 is 22.4 Å². The summed E-state index contributed by atoms with van der Waals surface area (Å²) >= 11 is 13.0. The number of hydrogen-bond acceptors (Lipinski definition) is 5. The molecule has 6 nitrogen and oxygen atoms in total. The smallest absolute Gasteiger partial charge is 0.328 e. The van der Waals surface area contributed by atoms with Gasteiger partial charge in [0.15, 0.2) is 6.17 Å². The van der Waals surface area contributed by atoms with Gasteiger partial charge in [-0.1, -0.05) is 53.8 Å². The Morgan fingerprint density at radius 2 is 1.90 bits per heavy atom. The van der Waals surface area contributed by atoms with Crippen molar-refractivity contribution in [2.45, 2.75) is 31.3 Å². The number of thiocarbonyl (C=S) groups is 1. The zero-order chi connectivity index (χ0) is 21.6. The summed E-state index contributed by atoms with van der Waals surface area (Å²) in [6.45, 7) is 4.17. The van der Waals surface area contributed by atoms with Gasteiger partial charge in [0.2, 0.25) is 0 Å². The second-order valence-electron chi connectivity index (χ2n) is 7.38. The highest BCUT2D eigenvalue weighted by molar-refractivity contribution is 8.24. The number of halogens is 2. The van der Waals surface area contributed by atoms with Crippen LogP contribution >= 0.6 is 35.6 Å². The van der Waals surface area contributed by atoms with Crippen molar-refractivity contribution in [3.05, 3.63) is 86.0 Å². The van der Waals surface area contributed by atoms with Crippen LogP contribution in [-0.2, 0) is 6.54 Å². The van der Waals surface area contributed by atoms with Crippen molar-refractivity contribution >= 4 is 39.9 Å². The molecule has 0 radical (unpaired) electrons. The molecule has 0 bridgehead atoms. The van der Waals surface area contributed by atoms with E-state index in [2.05, 4.69) is 0 Å². The maximum Gasteiger partial charge on any atom is 0.447 e. The highest BCUT2D eigenvalue weighted by Gasteiger charge is 2.48. The van der Waals surface area contributed by atoms with Gasteiger partial charge >= 0.3 is 11.4 Å². The summed E-state index contributed by atoms with van der Waals surface area (Å²) < 4.78 is 20.7. The van der Waals surface area contributed by atoms with E-state index in [1.54, 1.807) is 35.2 Å². The molecule has 1 fully saturated rings. The molecule has 1 aliphatic heterocycles. The van der Waals surface area contributed by atoms with Crippen molar-refractivity contribution in [3.8, 4) is 5.69 Å². The van der Waals surface area contributed by atoms with Crippen molar-refractivity contribution in [1.29, 1.82) is 0 Å². The molecule has 1 aliphatic rings. The van der Waals surface area contributed by atoms with Gasteiger partial charge in [-0.2, -0.15) is 4.57 Å². The second-order valence-corrected chi connectivity index (χ2v) is 10.1. The van der Waals surface area contributed by atoms with Crippen LogP contribution in [-0.4, -0.2) is 23.3 Å². The Kier molecular flexibility index (Phi) is 5.37. The molecule has 0 saturated carbocycles. The number of hydrogen-bond donors (Lipinski definition) is 0. The molecule has 0 N–H and O–H groups in total. The molecule has 1 atom stereocenters. The molecule has 2 heterocycles. The number of benzene rings is 2. The summed E-state index contributed by atoms with van der Waals surface area (Å²) in [5, 5.41) is 0.391. The summed E-state index contributed by atoms with van der Waals surface area (Å²) in [5.41, 5.74) is 0.498. The minimum Gasteiger partial charge on any atom is -0.328 e. The van der Waals surface area contributed by atoms with Crippen LogP contribution < -0.4 is 11.4 Å². The molecule has 156 valence electrons. The van der Waals surface area contributed by atoms with Crippen LogP contribution in [0.2, 0.25) is 5.02 Å². The van der Waals surface area contributed by atoms with Gasteiger partial charge in [-0.3, -0.25) is 0 Å². The molecule has 1 aromatic heterocycles. The first-order chi connectivity index (χ1) is 14.2. The quantitative estimate of drug-likeness (QED) is 0.538. The fourth-order valence-electron chi connectivity index (χ4n) is 3.48. The Labute approximate surface area is 185 Å². The Morgan fingerprint density at radius 1 is 1.20 bits per heavy atom. The summed E-state index contributed by atoms with van der Waals surface area (Å²) in [7, 11) is 0. The SMILES string of the molecule is CC1(C)SC(=S)N(Cc2ccc(F)cc2)[C@@H]1n1oc(=O)n(-c2cccc(Cl)c2)c1=O. The lowest BCUT2D eigenvalue weighted by atomic mass is 10.1. The lowest BCUT2D eigenvalue weighted by molar-refractivity contribution is 0.0866. The molecule has 0 spiro atoms. The molecular weight excluding hydrogens is 449 g/mol. The van der Waals surface area contributed by atoms with Crippen molar-refractivity contribution in [3.63, 3.8) is 0 Å². The monoisotopic (exact) mass is 465 g/mol. The van der Waals surface area contributed by atoms with Crippen molar-refractivity contribution in [2.75, 3.05) is 0 Å². The van der Waals surface area contributed by atoms with Crippen LogP contribution in [0.15, 0.2) is 62.6 Å². The normalized spacial score (nSPS) is 18.2. The van der Waals surface area contributed by atoms with Gasteiger partial charge in [0, 0.05) is 11.6 Å². The van der Waals surface area contributed by atoms with Gasteiger partial charge in [-0.05, 0) is 49.7 Å². The standard InChI is InChI=1S/C20H17ClFN3O3S2/c1-20(2)16(23(19(29)30-20)11-12-6-8-14(22)9-7-12)25-17(26)24(18(27)28-25)15-5-3-4-13(21)10-15/h3-10,16H,11H2,1-2H3/t16-/m1/s1. The van der Waals surface area contributed by atoms with Crippen LogP contribution in [0.4, 0.5) is 4.39 Å². The maximum atomic E-state index is 13.3. The third-order valence-corrected chi connectivity index (χ3v) is 6.66. The van der Waals surface area contributed by atoms with Gasteiger partial charge in [-0.25, -0.2) is 14.0 Å². The number of aromatic nitrogens is 2. The third-order valence-electron chi connectivity index (χ3n) is 4.80. The largest absolute Gasteiger partial charge is 0.447 e. The lowest BCUT2D eigenvalue weighted by Gasteiger charge is -2.30. The zero-order valence-corrected chi connectivity index (χ0v) is 18.4. The van der Waals surface area contributed by atoms with Crippen molar-refractivity contribution in [1.82, 2.24) is 14.2 Å². The average molecular weight is 466 g/mol. The number of rotatable bonds is 4. The first-order valence-corrected chi connectivity index (χ1v) is 10.6. The minimum atomic E-state index is -0.817. The van der Waals surface area contributed by atoms with Crippen LogP contribution in [0.3, 0.4) is 0 Å². The molecule has 3 aromatic rings. The van der Waals surface area contributed by atoms with Crippen LogP contribution in [0.25, 0.3) is 5.69 Å². The zero-order valence-electron chi connectivity index (χ0n) is 16.0. The number of nitrogens with zero attached hydrogens (tertiary/aromatic N) is 3. The molecule has 0 unspecified atom stereocenters. The highest BCUT2D eigenvalue weighted by atomic mass is 35.5. The predicted octanol–water partition coefficient (Wildman–Crippen LogP) is 4.20. The Hall–Kier alpha value is -2.36. The second kappa shape index (κ2) is 7.72. The summed E-state index contributed by atoms with van der Waals surface area (Å²) in [6.07, 6.45) is -0.652. The molecular formula is C20H17ClFN3O3S2. The molecule has 30 heavy (non-hydrogen) atoms. The first kappa shape index (κ1) is 20.9. The average Bonchev–Trinajstić information content (AvgIpc) is 3.07. The van der Waals surface area contributed by atoms with E-state index in [9.17, 15) is 14.0 Å². The van der Waals surface area contributed by atoms with Crippen molar-refractivity contribution < 1.29 is 8.91 Å². The van der Waals surface area contributed by atoms with E-state index in [4.69, 9.17) is 28.3 Å². The fourth-order valence-corrected chi connectivity index (χ4v) is 5.54. The molecule has 10 heteroatoms. The highest BCUT2D eigenvalue weighted by Crippen LogP contribution is 2.47. The molecule has 0 aliphatic carbocycles. The summed E-state index contributed by atoms with van der Waals surface area (Å²) in [6, 6.07) is 12.4. The van der Waals surface area contributed by atoms with E-state index in [0.717, 1.165) is 14.9 Å². The van der Waals surface area contributed by atoms with Gasteiger partial charge < -0.3 is 9.42 Å². The first-order valence-electron chi connectivity index (χ1n) is 9.02. The van der Waals surface area contributed by atoms with E-state index in [0.29, 0.717) is 21.6 Å². The Bertz CT molecular complexity index is 1230. The van der Waals surface area contributed by atoms with Crippen LogP contribution in [0.5, 0.6) is 0 Å². The van der Waals surface area contributed by atoms with E-state index in [1.807, 2.05) is 13.8 Å². The maximum absolute atomic E-state index is 13.3. The van der Waals surface area contributed by atoms with Crippen molar-refractivity contribution in [2.24, 2.45) is 0 Å². The fraction of sp³-hybridized carbons (Fsp3) is 0.250. The molecule has 0 amide bonds. The molecule has 4 rings (SSSR count). The third kappa shape index (κ3) is 3.73. The topological polar surface area (TPSA) is 60.4 Å². The Morgan fingerprint density at radius 3 is 2.57 bits per heavy atom. The summed E-state index contributed by atoms with van der Waals surface area (Å²) in [4.78, 5) is 27.5. The van der Waals surface area contributed by atoms with Gasteiger partial charge in [0.25, 0.3) is 0 Å². The predicted molar refractivity (Wildman–Crippen MR) is 119 cm³/mol. The Balaban J connectivity index is 1.79. The lowest BCUT2D eigenvalue weighted by Crippen LogP contribution is -2.42. The van der Waals surface area contributed by atoms with Crippen LogP contribution in [0, 0.1) is 5.82 Å². The van der Waals surface area contributed by atoms with Gasteiger partial charge in [0.05, 0.1) is 10.4 Å². The molecule has 1 saturated heterocycles. The van der Waals surface area contributed by atoms with E-state index in [1.165, 1.54) is 30.0 Å². The van der Waals surface area contributed by atoms with E-state index in [-0.39, 0.29) is 5.82 Å². The van der Waals surface area contributed by atoms with Gasteiger partial charge in [-0.15, -0.1) is 4.74 Å².